The van der Waals surface area contributed by atoms with Crippen molar-refractivity contribution >= 4 is 0 Å². The van der Waals surface area contributed by atoms with Crippen LogP contribution in [-0.4, -0.2) is 57.6 Å². The fraction of sp³-hybridized carbons (Fsp3) is 0.800. The SMILES string of the molecule is C=C1/C(=C\C=C2/CCC[C@]3(C)C([C@@H](C)CCCC(C)(C)O)CC[C@@H]23)C[C@@H](O)[C@@H](OCCCO)[C@@H]1O. The van der Waals surface area contributed by atoms with E-state index in [2.05, 4.69) is 32.6 Å². The van der Waals surface area contributed by atoms with Crippen LogP contribution in [0.5, 0.6) is 0 Å². The molecule has 0 aliphatic heterocycles. The predicted molar refractivity (Wildman–Crippen MR) is 141 cm³/mol. The van der Waals surface area contributed by atoms with Crippen LogP contribution in [0.3, 0.4) is 0 Å². The molecule has 3 aliphatic rings. The first kappa shape index (κ1) is 28.6. The predicted octanol–water partition coefficient (Wildman–Crippen LogP) is 5.08. The van der Waals surface area contributed by atoms with Crippen molar-refractivity contribution in [3.8, 4) is 0 Å². The lowest BCUT2D eigenvalue weighted by Gasteiger charge is -2.44. The molecule has 3 rings (SSSR count). The zero-order valence-electron chi connectivity index (χ0n) is 22.5. The first-order valence-electron chi connectivity index (χ1n) is 13.9. The molecule has 5 heteroatoms. The molecule has 4 N–H and O–H groups in total. The highest BCUT2D eigenvalue weighted by Crippen LogP contribution is 2.60. The second-order valence-corrected chi connectivity index (χ2v) is 12.4. The lowest BCUT2D eigenvalue weighted by atomic mass is 9.60. The molecule has 5 nitrogen and oxygen atoms in total. The topological polar surface area (TPSA) is 90.2 Å². The molecule has 3 saturated carbocycles. The van der Waals surface area contributed by atoms with E-state index >= 15 is 0 Å². The van der Waals surface area contributed by atoms with Crippen LogP contribution in [0, 0.1) is 23.2 Å². The van der Waals surface area contributed by atoms with Crippen LogP contribution in [0.1, 0.15) is 91.9 Å². The van der Waals surface area contributed by atoms with E-state index in [0.717, 1.165) is 30.8 Å². The van der Waals surface area contributed by atoms with Crippen LogP contribution >= 0.6 is 0 Å². The largest absolute Gasteiger partial charge is 0.396 e. The third-order valence-corrected chi connectivity index (χ3v) is 9.17. The van der Waals surface area contributed by atoms with E-state index in [1.54, 1.807) is 0 Å². The molecule has 0 aromatic rings. The number of fused-ring (bicyclic) bond motifs is 1. The van der Waals surface area contributed by atoms with Gasteiger partial charge in [0.1, 0.15) is 12.2 Å². The Balaban J connectivity index is 1.67. The van der Waals surface area contributed by atoms with Gasteiger partial charge in [0.2, 0.25) is 0 Å². The van der Waals surface area contributed by atoms with E-state index in [1.165, 1.54) is 37.7 Å². The molecule has 0 amide bonds. The molecule has 0 aromatic carbocycles. The monoisotopic (exact) mass is 490 g/mol. The molecular weight excluding hydrogens is 440 g/mol. The zero-order valence-corrected chi connectivity index (χ0v) is 22.5. The minimum Gasteiger partial charge on any atom is -0.396 e. The maximum Gasteiger partial charge on any atom is 0.114 e. The van der Waals surface area contributed by atoms with Gasteiger partial charge in [-0.1, -0.05) is 51.0 Å². The number of rotatable bonds is 10. The first-order valence-corrected chi connectivity index (χ1v) is 13.9. The van der Waals surface area contributed by atoms with Crippen molar-refractivity contribution in [3.63, 3.8) is 0 Å². The Morgan fingerprint density at radius 2 is 1.94 bits per heavy atom. The summed E-state index contributed by atoms with van der Waals surface area (Å²) < 4.78 is 5.63. The molecule has 200 valence electrons. The molecule has 1 unspecified atom stereocenters. The highest BCUT2D eigenvalue weighted by atomic mass is 16.5. The summed E-state index contributed by atoms with van der Waals surface area (Å²) in [5.41, 5.74) is 2.79. The van der Waals surface area contributed by atoms with Crippen LogP contribution in [0.2, 0.25) is 0 Å². The van der Waals surface area contributed by atoms with Gasteiger partial charge >= 0.3 is 0 Å². The molecule has 0 spiro atoms. The minimum absolute atomic E-state index is 0.0269. The number of aliphatic hydroxyl groups is 4. The first-order chi connectivity index (χ1) is 16.5. The summed E-state index contributed by atoms with van der Waals surface area (Å²) in [6.07, 6.45) is 12.1. The van der Waals surface area contributed by atoms with Crippen molar-refractivity contribution in [1.29, 1.82) is 0 Å². The van der Waals surface area contributed by atoms with Gasteiger partial charge in [-0.05, 0) is 93.1 Å². The normalized spacial score (nSPS) is 37.1. The molecule has 7 atom stereocenters. The van der Waals surface area contributed by atoms with E-state index in [1.807, 2.05) is 13.8 Å². The molecule has 0 radical (unpaired) electrons. The average Bonchev–Trinajstić information content (AvgIpc) is 3.14. The fourth-order valence-corrected chi connectivity index (χ4v) is 7.21. The molecule has 0 aromatic heterocycles. The summed E-state index contributed by atoms with van der Waals surface area (Å²) in [4.78, 5) is 0. The molecule has 3 aliphatic carbocycles. The Bertz CT molecular complexity index is 778. The van der Waals surface area contributed by atoms with Crippen LogP contribution < -0.4 is 0 Å². The molecule has 0 heterocycles. The van der Waals surface area contributed by atoms with Crippen molar-refractivity contribution in [2.45, 2.75) is 116 Å². The zero-order chi connectivity index (χ0) is 25.8. The number of ether oxygens (including phenoxy) is 1. The van der Waals surface area contributed by atoms with Crippen LogP contribution in [-0.2, 0) is 4.74 Å². The van der Waals surface area contributed by atoms with Crippen molar-refractivity contribution in [2.24, 2.45) is 23.2 Å². The number of hydrogen-bond donors (Lipinski definition) is 4. The van der Waals surface area contributed by atoms with Crippen molar-refractivity contribution < 1.29 is 25.2 Å². The van der Waals surface area contributed by atoms with Crippen LogP contribution in [0.25, 0.3) is 0 Å². The maximum atomic E-state index is 10.7. The summed E-state index contributed by atoms with van der Waals surface area (Å²) in [5.74, 6) is 1.98. The van der Waals surface area contributed by atoms with Gasteiger partial charge in [0.15, 0.2) is 0 Å². The maximum absolute atomic E-state index is 10.7. The number of hydrogen-bond acceptors (Lipinski definition) is 5. The van der Waals surface area contributed by atoms with Gasteiger partial charge in [-0.25, -0.2) is 0 Å². The molecule has 0 bridgehead atoms. The molecule has 0 saturated heterocycles. The standard InChI is InChI=1S/C30H50O5/c1-20(9-6-15-29(3,4)34)24-13-14-25-22(10-7-16-30(24,25)5)11-12-23-19-26(32)28(27(33)21(23)2)35-18-8-17-31/h11-12,20,24-28,31-34H,2,6-10,13-19H2,1,3-5H3/b22-11+,23-12-/t20-,24?,25-,26+,27+,28+,30+/m0/s1. The Kier molecular flexibility index (Phi) is 9.84. The quantitative estimate of drug-likeness (QED) is 0.321. The van der Waals surface area contributed by atoms with E-state index in [-0.39, 0.29) is 6.61 Å². The smallest absolute Gasteiger partial charge is 0.114 e. The van der Waals surface area contributed by atoms with Crippen LogP contribution in [0.4, 0.5) is 0 Å². The van der Waals surface area contributed by atoms with E-state index in [0.29, 0.717) is 42.3 Å². The Morgan fingerprint density at radius 3 is 2.63 bits per heavy atom. The van der Waals surface area contributed by atoms with Crippen molar-refractivity contribution in [2.75, 3.05) is 13.2 Å². The van der Waals surface area contributed by atoms with Gasteiger partial charge in [0.05, 0.1) is 11.7 Å². The molecular formula is C30H50O5. The Morgan fingerprint density at radius 1 is 1.20 bits per heavy atom. The fourth-order valence-electron chi connectivity index (χ4n) is 7.21. The van der Waals surface area contributed by atoms with Gasteiger partial charge in [0, 0.05) is 19.6 Å². The summed E-state index contributed by atoms with van der Waals surface area (Å²) in [5, 5.41) is 40.4. The molecule has 35 heavy (non-hydrogen) atoms. The second kappa shape index (κ2) is 12.0. The highest BCUT2D eigenvalue weighted by Gasteiger charge is 2.50. The summed E-state index contributed by atoms with van der Waals surface area (Å²) in [6.45, 7) is 13.2. The molecule has 3 fully saturated rings. The lowest BCUT2D eigenvalue weighted by molar-refractivity contribution is -0.0968. The van der Waals surface area contributed by atoms with Gasteiger partial charge in [-0.2, -0.15) is 0 Å². The van der Waals surface area contributed by atoms with Gasteiger partial charge < -0.3 is 25.2 Å². The summed E-state index contributed by atoms with van der Waals surface area (Å²) in [6, 6.07) is 0. The minimum atomic E-state index is -0.931. The average molecular weight is 491 g/mol. The number of allylic oxidation sites excluding steroid dienone is 3. The number of aliphatic hydroxyl groups excluding tert-OH is 3. The van der Waals surface area contributed by atoms with Gasteiger partial charge in [-0.15, -0.1) is 0 Å². The summed E-state index contributed by atoms with van der Waals surface area (Å²) in [7, 11) is 0. The van der Waals surface area contributed by atoms with Gasteiger partial charge in [-0.3, -0.25) is 0 Å². The van der Waals surface area contributed by atoms with E-state index < -0.39 is 23.9 Å². The van der Waals surface area contributed by atoms with Gasteiger partial charge in [0.25, 0.3) is 0 Å². The van der Waals surface area contributed by atoms with E-state index in [9.17, 15) is 15.3 Å². The van der Waals surface area contributed by atoms with Crippen molar-refractivity contribution in [3.05, 3.63) is 35.5 Å². The van der Waals surface area contributed by atoms with E-state index in [4.69, 9.17) is 9.84 Å². The Hall–Kier alpha value is -0.980. The Labute approximate surface area is 213 Å². The summed E-state index contributed by atoms with van der Waals surface area (Å²) >= 11 is 0. The third kappa shape index (κ3) is 6.87. The third-order valence-electron chi connectivity index (χ3n) is 9.17. The van der Waals surface area contributed by atoms with Crippen LogP contribution in [0.15, 0.2) is 35.5 Å². The lowest BCUT2D eigenvalue weighted by Crippen LogP contribution is -2.45. The second-order valence-electron chi connectivity index (χ2n) is 12.4. The highest BCUT2D eigenvalue weighted by molar-refractivity contribution is 5.40. The van der Waals surface area contributed by atoms with Crippen molar-refractivity contribution in [1.82, 2.24) is 0 Å².